The van der Waals surface area contributed by atoms with Crippen LogP contribution in [0, 0.1) is 17.4 Å². The van der Waals surface area contributed by atoms with E-state index in [1.54, 1.807) is 14.0 Å². The quantitative estimate of drug-likeness (QED) is 0.493. The summed E-state index contributed by atoms with van der Waals surface area (Å²) >= 11 is 0. The summed E-state index contributed by atoms with van der Waals surface area (Å²) in [5.74, 6) is -1.04. The molecule has 0 aliphatic carbocycles. The first-order valence-corrected chi connectivity index (χ1v) is 12.1. The van der Waals surface area contributed by atoms with E-state index >= 15 is 0 Å². The molecule has 4 unspecified atom stereocenters. The lowest BCUT2D eigenvalue weighted by Crippen LogP contribution is -2.52. The zero-order valence-electron chi connectivity index (χ0n) is 20.6. The number of fused-ring (bicyclic) bond motifs is 1. The van der Waals surface area contributed by atoms with Gasteiger partial charge in [-0.2, -0.15) is 5.10 Å². The third-order valence-electron chi connectivity index (χ3n) is 6.77. The van der Waals surface area contributed by atoms with E-state index in [1.807, 2.05) is 60.7 Å². The van der Waals surface area contributed by atoms with Crippen LogP contribution >= 0.6 is 0 Å². The van der Waals surface area contributed by atoms with Crippen LogP contribution in [-0.2, 0) is 32.1 Å². The van der Waals surface area contributed by atoms with Crippen molar-refractivity contribution < 1.29 is 19.1 Å². The van der Waals surface area contributed by atoms with Gasteiger partial charge in [-0.15, -0.1) is 0 Å². The van der Waals surface area contributed by atoms with E-state index in [1.165, 1.54) is 5.01 Å². The maximum Gasteiger partial charge on any atom is 0.296 e. The van der Waals surface area contributed by atoms with Crippen LogP contribution in [0.25, 0.3) is 4.85 Å². The molecule has 1 N–H and O–H groups in total. The highest BCUT2D eigenvalue weighted by Gasteiger charge is 2.63. The first-order chi connectivity index (χ1) is 17.4. The molecule has 8 nitrogen and oxygen atoms in total. The van der Waals surface area contributed by atoms with Gasteiger partial charge < -0.3 is 14.8 Å². The largest absolute Gasteiger partial charge is 0.374 e. The molecule has 0 saturated carbocycles. The third kappa shape index (κ3) is 5.37. The molecule has 2 amide bonds. The zero-order valence-corrected chi connectivity index (χ0v) is 20.6. The number of nitrogens with zero attached hydrogens (tertiary/aromatic N) is 3. The number of carbonyl (C=O) groups excluding carboxylic acids is 3. The predicted molar refractivity (Wildman–Crippen MR) is 136 cm³/mol. The van der Waals surface area contributed by atoms with Crippen molar-refractivity contribution in [2.45, 2.75) is 44.9 Å². The second-order valence-electron chi connectivity index (χ2n) is 9.37. The van der Waals surface area contributed by atoms with Crippen molar-refractivity contribution in [2.75, 3.05) is 13.7 Å². The summed E-state index contributed by atoms with van der Waals surface area (Å²) in [7, 11) is 1.63. The molecule has 4 rings (SSSR count). The van der Waals surface area contributed by atoms with Crippen molar-refractivity contribution in [1.82, 2.24) is 10.3 Å². The topological polar surface area (TPSA) is 92.4 Å². The number of aldehydes is 1. The van der Waals surface area contributed by atoms with Gasteiger partial charge in [-0.25, -0.2) is 5.01 Å². The van der Waals surface area contributed by atoms with Crippen LogP contribution in [-0.4, -0.2) is 54.6 Å². The highest BCUT2D eigenvalue weighted by molar-refractivity contribution is 6.14. The van der Waals surface area contributed by atoms with E-state index in [0.29, 0.717) is 31.4 Å². The molecule has 0 radical (unpaired) electrons. The fraction of sp³-hybridized carbons (Fsp3) is 0.393. The maximum atomic E-state index is 13.5. The molecule has 36 heavy (non-hydrogen) atoms. The van der Waals surface area contributed by atoms with E-state index in [9.17, 15) is 14.4 Å². The van der Waals surface area contributed by atoms with Crippen molar-refractivity contribution in [2.24, 2.45) is 16.4 Å². The molecule has 2 aromatic rings. The Morgan fingerprint density at radius 3 is 2.56 bits per heavy atom. The molecule has 4 atom stereocenters. The lowest BCUT2D eigenvalue weighted by Gasteiger charge is -2.31. The van der Waals surface area contributed by atoms with Gasteiger partial charge in [-0.05, 0) is 17.5 Å². The molecule has 0 aromatic heterocycles. The number of hydrogen-bond donors (Lipinski definition) is 1. The highest BCUT2D eigenvalue weighted by Crippen LogP contribution is 2.44. The highest BCUT2D eigenvalue weighted by atomic mass is 16.5. The van der Waals surface area contributed by atoms with E-state index < -0.39 is 23.4 Å². The number of amides is 2. The summed E-state index contributed by atoms with van der Waals surface area (Å²) in [6.07, 6.45) is 1.79. The Balaban J connectivity index is 1.45. The van der Waals surface area contributed by atoms with Crippen molar-refractivity contribution in [3.8, 4) is 6.07 Å². The Morgan fingerprint density at radius 1 is 1.22 bits per heavy atom. The van der Waals surface area contributed by atoms with Crippen LogP contribution in [0.1, 0.15) is 30.9 Å². The normalized spacial score (nSPS) is 22.1. The Morgan fingerprint density at radius 2 is 1.89 bits per heavy atom. The molecule has 2 aliphatic rings. The average Bonchev–Trinajstić information content (AvgIpc) is 3.15. The maximum absolute atomic E-state index is 13.5. The number of nitrogens with one attached hydrogen (secondary N) is 1. The second-order valence-corrected chi connectivity index (χ2v) is 9.37. The lowest BCUT2D eigenvalue weighted by atomic mass is 9.67. The van der Waals surface area contributed by atoms with E-state index in [0.717, 1.165) is 11.1 Å². The van der Waals surface area contributed by atoms with E-state index in [4.69, 9.17) is 4.74 Å². The summed E-state index contributed by atoms with van der Waals surface area (Å²) in [5.41, 5.74) is 1.69. The van der Waals surface area contributed by atoms with Gasteiger partial charge in [0.2, 0.25) is 5.91 Å². The first-order valence-electron chi connectivity index (χ1n) is 12.1. The second kappa shape index (κ2) is 11.3. The van der Waals surface area contributed by atoms with Crippen LogP contribution in [0.5, 0.6) is 0 Å². The van der Waals surface area contributed by atoms with Crippen LogP contribution in [0.4, 0.5) is 0 Å². The molecular weight excluding hydrogens is 456 g/mol. The minimum atomic E-state index is -1.02. The average molecular weight is 488 g/mol. The molecular formula is C28H31N4O4+. The molecule has 8 heteroatoms. The summed E-state index contributed by atoms with van der Waals surface area (Å²) in [6, 6.07) is 21.3. The van der Waals surface area contributed by atoms with Gasteiger partial charge in [-0.3, -0.25) is 9.59 Å². The Bertz CT molecular complexity index is 1190. The standard InChI is InChI=1S/C28H30N4O4/c1-20(26(34)30-23(17-33)19-36-18-22-11-7-4-8-12-22)16-28-24(31-32(2)27(28)35)13-14-29-25(28)15-21-9-5-3-6-10-21/h3-12,17,20,23,25H,13,15-16,18-19H2,1-2H3/p+1. The van der Waals surface area contributed by atoms with Gasteiger partial charge in [0.05, 0.1) is 25.3 Å². The van der Waals surface area contributed by atoms with Gasteiger partial charge in [-0.1, -0.05) is 72.4 Å². The Labute approximate surface area is 211 Å². The molecule has 0 spiro atoms. The molecule has 0 bridgehead atoms. The molecule has 0 saturated heterocycles. The number of benzene rings is 2. The fourth-order valence-electron chi connectivity index (χ4n) is 4.89. The number of carbonyl (C=O) groups is 3. The number of hydrogen-bond acceptors (Lipinski definition) is 5. The SMILES string of the molecule is CC(CC12C(=O)N(C)N=C1CC#[N+]C2Cc1ccccc1)C(=O)NC(C=O)COCc1ccccc1. The number of ether oxygens (including phenoxy) is 1. The Kier molecular flexibility index (Phi) is 7.91. The smallest absolute Gasteiger partial charge is 0.296 e. The molecule has 0 fully saturated rings. The van der Waals surface area contributed by atoms with Gasteiger partial charge in [0.15, 0.2) is 5.41 Å². The van der Waals surface area contributed by atoms with Gasteiger partial charge >= 0.3 is 0 Å². The minimum absolute atomic E-state index is 0.0618. The molecule has 2 aliphatic heterocycles. The van der Waals surface area contributed by atoms with Crippen molar-refractivity contribution >= 4 is 23.8 Å². The first kappa shape index (κ1) is 25.3. The molecule has 2 heterocycles. The van der Waals surface area contributed by atoms with Crippen LogP contribution in [0.3, 0.4) is 0 Å². The van der Waals surface area contributed by atoms with Crippen molar-refractivity contribution in [3.05, 3.63) is 76.6 Å². The van der Waals surface area contributed by atoms with Crippen LogP contribution in [0.2, 0.25) is 0 Å². The van der Waals surface area contributed by atoms with Gasteiger partial charge in [0, 0.05) is 13.0 Å². The summed E-state index contributed by atoms with van der Waals surface area (Å²) < 4.78 is 5.64. The van der Waals surface area contributed by atoms with Crippen LogP contribution < -0.4 is 5.32 Å². The summed E-state index contributed by atoms with van der Waals surface area (Å²) in [5, 5.41) is 8.60. The van der Waals surface area contributed by atoms with E-state index in [-0.39, 0.29) is 24.8 Å². The van der Waals surface area contributed by atoms with Crippen molar-refractivity contribution in [3.63, 3.8) is 0 Å². The van der Waals surface area contributed by atoms with Crippen LogP contribution in [0.15, 0.2) is 65.8 Å². The minimum Gasteiger partial charge on any atom is -0.374 e. The molecule has 2 aromatic carbocycles. The number of hydrazone groups is 1. The van der Waals surface area contributed by atoms with E-state index in [2.05, 4.69) is 21.3 Å². The monoisotopic (exact) mass is 487 g/mol. The summed E-state index contributed by atoms with van der Waals surface area (Å²) in [4.78, 5) is 42.8. The predicted octanol–water partition coefficient (Wildman–Crippen LogP) is 3.08. The van der Waals surface area contributed by atoms with Gasteiger partial charge in [0.1, 0.15) is 18.7 Å². The Hall–Kier alpha value is -3.83. The molecule has 186 valence electrons. The number of rotatable bonds is 11. The lowest BCUT2D eigenvalue weighted by molar-refractivity contribution is -0.137. The zero-order chi connectivity index (χ0) is 25.5. The summed E-state index contributed by atoms with van der Waals surface area (Å²) in [6.45, 7) is 2.17. The van der Waals surface area contributed by atoms with Gasteiger partial charge in [0.25, 0.3) is 18.0 Å². The van der Waals surface area contributed by atoms with Crippen molar-refractivity contribution in [1.29, 1.82) is 0 Å². The fourth-order valence-corrected chi connectivity index (χ4v) is 4.89. The third-order valence-corrected chi connectivity index (χ3v) is 6.77.